The highest BCUT2D eigenvalue weighted by molar-refractivity contribution is 5.81. The summed E-state index contributed by atoms with van der Waals surface area (Å²) < 4.78 is 5.90. The first kappa shape index (κ1) is 12.6. The zero-order chi connectivity index (χ0) is 14.2. The summed E-state index contributed by atoms with van der Waals surface area (Å²) in [7, 11) is 0. The third-order valence-corrected chi connectivity index (χ3v) is 4.22. The number of rotatable bonds is 2. The molecule has 4 rings (SSSR count). The molecule has 1 aliphatic heterocycles. The lowest BCUT2D eigenvalue weighted by molar-refractivity contribution is 0.452. The maximum Gasteiger partial charge on any atom is 0.212 e. The van der Waals surface area contributed by atoms with Gasteiger partial charge in [0.2, 0.25) is 5.89 Å². The van der Waals surface area contributed by atoms with Crippen LogP contribution in [0.3, 0.4) is 0 Å². The molecule has 1 N–H and O–H groups in total. The van der Waals surface area contributed by atoms with Crippen LogP contribution in [0.5, 0.6) is 0 Å². The van der Waals surface area contributed by atoms with Gasteiger partial charge in [0.15, 0.2) is 5.58 Å². The van der Waals surface area contributed by atoms with Crippen molar-refractivity contribution in [2.24, 2.45) is 0 Å². The van der Waals surface area contributed by atoms with Crippen LogP contribution in [0.25, 0.3) is 22.2 Å². The summed E-state index contributed by atoms with van der Waals surface area (Å²) in [6.45, 7) is 3.19. The Balaban J connectivity index is 1.77. The highest BCUT2D eigenvalue weighted by atomic mass is 16.3. The Kier molecular flexibility index (Phi) is 3.00. The molecule has 106 valence electrons. The number of nitrogens with one attached hydrogen (secondary N) is 1. The summed E-state index contributed by atoms with van der Waals surface area (Å²) in [6.07, 6.45) is 2.30. The molecule has 1 aliphatic rings. The van der Waals surface area contributed by atoms with E-state index >= 15 is 0 Å². The van der Waals surface area contributed by atoms with Crippen molar-refractivity contribution in [3.05, 3.63) is 53.9 Å². The molecular weight excluding hydrogens is 260 g/mol. The summed E-state index contributed by atoms with van der Waals surface area (Å²) in [5, 5.41) is 3.43. The van der Waals surface area contributed by atoms with Crippen LogP contribution in [0, 0.1) is 6.92 Å². The van der Waals surface area contributed by atoms with Crippen molar-refractivity contribution >= 4 is 11.1 Å². The van der Waals surface area contributed by atoms with E-state index < -0.39 is 0 Å². The number of hydrogen-bond acceptors (Lipinski definition) is 3. The van der Waals surface area contributed by atoms with E-state index in [1.807, 2.05) is 6.07 Å². The fourth-order valence-electron chi connectivity index (χ4n) is 3.05. The fourth-order valence-corrected chi connectivity index (χ4v) is 3.05. The molecule has 3 heteroatoms. The zero-order valence-corrected chi connectivity index (χ0v) is 12.1. The molecule has 3 nitrogen and oxygen atoms in total. The van der Waals surface area contributed by atoms with E-state index in [0.29, 0.717) is 0 Å². The predicted octanol–water partition coefficient (Wildman–Crippen LogP) is 4.23. The monoisotopic (exact) mass is 278 g/mol. The molecule has 21 heavy (non-hydrogen) atoms. The van der Waals surface area contributed by atoms with Gasteiger partial charge in [-0.1, -0.05) is 30.3 Å². The van der Waals surface area contributed by atoms with Crippen LogP contribution in [0.15, 0.2) is 46.9 Å². The van der Waals surface area contributed by atoms with Crippen LogP contribution in [0.1, 0.15) is 30.3 Å². The van der Waals surface area contributed by atoms with E-state index in [-0.39, 0.29) is 6.04 Å². The van der Waals surface area contributed by atoms with E-state index in [0.717, 1.165) is 30.0 Å². The molecule has 3 aromatic rings. The molecule has 2 heterocycles. The van der Waals surface area contributed by atoms with E-state index in [9.17, 15) is 0 Å². The summed E-state index contributed by atoms with van der Waals surface area (Å²) in [6, 6.07) is 15.0. The molecule has 0 radical (unpaired) electrons. The minimum absolute atomic E-state index is 0.277. The molecule has 1 fully saturated rings. The van der Waals surface area contributed by atoms with Crippen LogP contribution < -0.4 is 5.32 Å². The minimum atomic E-state index is 0.277. The second-order valence-electron chi connectivity index (χ2n) is 5.70. The lowest BCUT2D eigenvalue weighted by Crippen LogP contribution is -2.12. The smallest absolute Gasteiger partial charge is 0.212 e. The Morgan fingerprint density at radius 1 is 1.19 bits per heavy atom. The molecule has 0 aliphatic carbocycles. The Morgan fingerprint density at radius 2 is 2.10 bits per heavy atom. The molecule has 0 amide bonds. The van der Waals surface area contributed by atoms with Gasteiger partial charge in [-0.05, 0) is 55.1 Å². The van der Waals surface area contributed by atoms with E-state index in [4.69, 9.17) is 4.42 Å². The fraction of sp³-hybridized carbons (Fsp3) is 0.278. The minimum Gasteiger partial charge on any atom is -0.439 e. The second kappa shape index (κ2) is 5.01. The first-order chi connectivity index (χ1) is 10.3. The first-order valence-corrected chi connectivity index (χ1v) is 7.51. The van der Waals surface area contributed by atoms with Crippen molar-refractivity contribution in [2.45, 2.75) is 25.8 Å². The third kappa shape index (κ3) is 2.24. The van der Waals surface area contributed by atoms with Gasteiger partial charge in [0.1, 0.15) is 5.52 Å². The van der Waals surface area contributed by atoms with Crippen LogP contribution in [-0.2, 0) is 0 Å². The van der Waals surface area contributed by atoms with Gasteiger partial charge in [0.05, 0.1) is 6.04 Å². The molecule has 2 aromatic carbocycles. The molecule has 0 saturated carbocycles. The van der Waals surface area contributed by atoms with Gasteiger partial charge in [0, 0.05) is 0 Å². The summed E-state index contributed by atoms with van der Waals surface area (Å²) >= 11 is 0. The Hall–Kier alpha value is -2.13. The number of nitrogens with zero attached hydrogens (tertiary/aromatic N) is 1. The zero-order valence-electron chi connectivity index (χ0n) is 12.1. The molecule has 1 aromatic heterocycles. The number of hydrogen-bond donors (Lipinski definition) is 1. The molecule has 1 unspecified atom stereocenters. The highest BCUT2D eigenvalue weighted by Crippen LogP contribution is 2.30. The molecule has 1 saturated heterocycles. The van der Waals surface area contributed by atoms with Crippen LogP contribution >= 0.6 is 0 Å². The molecular formula is C18H18N2O. The molecule has 0 spiro atoms. The van der Waals surface area contributed by atoms with E-state index in [1.54, 1.807) is 0 Å². The molecule has 0 bridgehead atoms. The normalized spacial score (nSPS) is 18.4. The van der Waals surface area contributed by atoms with Crippen molar-refractivity contribution in [1.29, 1.82) is 0 Å². The number of fused-ring (bicyclic) bond motifs is 1. The van der Waals surface area contributed by atoms with Crippen molar-refractivity contribution in [3.63, 3.8) is 0 Å². The predicted molar refractivity (Wildman–Crippen MR) is 84.2 cm³/mol. The van der Waals surface area contributed by atoms with Gasteiger partial charge >= 0.3 is 0 Å². The number of aryl methyl sites for hydroxylation is 1. The van der Waals surface area contributed by atoms with Gasteiger partial charge in [-0.2, -0.15) is 0 Å². The lowest BCUT2D eigenvalue weighted by Gasteiger charge is -2.04. The van der Waals surface area contributed by atoms with E-state index in [2.05, 4.69) is 53.6 Å². The standard InChI is InChI=1S/C18H18N2O/c1-12-5-2-3-6-14(12)13-8-9-17-16(11-13)20-18(21-17)15-7-4-10-19-15/h2-3,5-6,8-9,11,15,19H,4,7,10H2,1H3. The second-order valence-corrected chi connectivity index (χ2v) is 5.70. The quantitative estimate of drug-likeness (QED) is 0.762. The number of oxazole rings is 1. The average molecular weight is 278 g/mol. The highest BCUT2D eigenvalue weighted by Gasteiger charge is 2.21. The van der Waals surface area contributed by atoms with Crippen molar-refractivity contribution in [3.8, 4) is 11.1 Å². The average Bonchev–Trinajstić information content (AvgIpc) is 3.16. The van der Waals surface area contributed by atoms with Gasteiger partial charge in [0.25, 0.3) is 0 Å². The summed E-state index contributed by atoms with van der Waals surface area (Å²) in [4.78, 5) is 4.68. The third-order valence-electron chi connectivity index (χ3n) is 4.22. The maximum atomic E-state index is 5.90. The first-order valence-electron chi connectivity index (χ1n) is 7.51. The topological polar surface area (TPSA) is 38.1 Å². The Morgan fingerprint density at radius 3 is 2.90 bits per heavy atom. The maximum absolute atomic E-state index is 5.90. The number of benzene rings is 2. The van der Waals surface area contributed by atoms with Gasteiger partial charge in [-0.15, -0.1) is 0 Å². The van der Waals surface area contributed by atoms with Crippen LogP contribution in [0.2, 0.25) is 0 Å². The van der Waals surface area contributed by atoms with Crippen molar-refractivity contribution < 1.29 is 4.42 Å². The van der Waals surface area contributed by atoms with Crippen molar-refractivity contribution in [1.82, 2.24) is 10.3 Å². The summed E-state index contributed by atoms with van der Waals surface area (Å²) in [5.41, 5.74) is 5.54. The van der Waals surface area contributed by atoms with Crippen LogP contribution in [0.4, 0.5) is 0 Å². The largest absolute Gasteiger partial charge is 0.439 e. The van der Waals surface area contributed by atoms with Gasteiger partial charge in [-0.25, -0.2) is 4.98 Å². The Bertz CT molecular complexity index is 785. The van der Waals surface area contributed by atoms with Gasteiger partial charge < -0.3 is 9.73 Å². The van der Waals surface area contributed by atoms with Gasteiger partial charge in [-0.3, -0.25) is 0 Å². The SMILES string of the molecule is Cc1ccccc1-c1ccc2oc(C3CCCN3)nc2c1. The lowest BCUT2D eigenvalue weighted by atomic mass is 10.0. The molecule has 1 atom stereocenters. The Labute approximate surface area is 124 Å². The summed E-state index contributed by atoms with van der Waals surface area (Å²) in [5.74, 6) is 0.824. The van der Waals surface area contributed by atoms with Crippen LogP contribution in [-0.4, -0.2) is 11.5 Å². The number of aromatic nitrogens is 1. The van der Waals surface area contributed by atoms with E-state index in [1.165, 1.54) is 23.1 Å². The van der Waals surface area contributed by atoms with Crippen molar-refractivity contribution in [2.75, 3.05) is 6.54 Å².